The summed E-state index contributed by atoms with van der Waals surface area (Å²) in [6, 6.07) is 15.0. The number of hydrogen-bond acceptors (Lipinski definition) is 4. The summed E-state index contributed by atoms with van der Waals surface area (Å²) in [5.74, 6) is -0.510. The minimum Gasteiger partial charge on any atom is -0.452 e. The molecule has 2 rings (SSSR count). The van der Waals surface area contributed by atoms with E-state index in [9.17, 15) is 9.59 Å². The first-order chi connectivity index (χ1) is 13.5. The van der Waals surface area contributed by atoms with Crippen LogP contribution in [0.1, 0.15) is 56.0 Å². The van der Waals surface area contributed by atoms with Crippen LogP contribution in [0.3, 0.4) is 0 Å². The number of carbonyl (C=O) groups is 2. The Kier molecular flexibility index (Phi) is 8.05. The summed E-state index contributed by atoms with van der Waals surface area (Å²) in [5.41, 5.74) is 3.34. The van der Waals surface area contributed by atoms with Crippen LogP contribution in [-0.4, -0.2) is 31.6 Å². The Morgan fingerprint density at radius 1 is 1.00 bits per heavy atom. The van der Waals surface area contributed by atoms with E-state index in [1.807, 2.05) is 36.4 Å². The lowest BCUT2D eigenvalue weighted by Gasteiger charge is -2.20. The standard InChI is InChI=1S/C23H30N2O3/c1-5-17(4)20-10-8-9-11-21(20)24-22(26)16-28-23(27)18-12-14-19(15-13-18)25(6-2)7-3/h8-15,17H,5-7,16H2,1-4H3,(H,24,26)/t17-/m0/s1. The zero-order valence-electron chi connectivity index (χ0n) is 17.2. The molecule has 5 heteroatoms. The first kappa shape index (κ1) is 21.5. The van der Waals surface area contributed by atoms with Crippen molar-refractivity contribution < 1.29 is 14.3 Å². The Morgan fingerprint density at radius 3 is 2.25 bits per heavy atom. The summed E-state index contributed by atoms with van der Waals surface area (Å²) in [6.45, 7) is 9.89. The normalized spacial score (nSPS) is 11.6. The average Bonchev–Trinajstić information content (AvgIpc) is 2.73. The summed E-state index contributed by atoms with van der Waals surface area (Å²) < 4.78 is 5.18. The van der Waals surface area contributed by atoms with Gasteiger partial charge in [-0.05, 0) is 62.1 Å². The average molecular weight is 383 g/mol. The van der Waals surface area contributed by atoms with E-state index in [0.717, 1.165) is 36.4 Å². The molecule has 0 spiro atoms. The molecule has 0 unspecified atom stereocenters. The first-order valence-electron chi connectivity index (χ1n) is 9.90. The van der Waals surface area contributed by atoms with Crippen molar-refractivity contribution in [3.63, 3.8) is 0 Å². The molecule has 0 bridgehead atoms. The molecule has 0 fully saturated rings. The highest BCUT2D eigenvalue weighted by Crippen LogP contribution is 2.26. The molecule has 0 aromatic heterocycles. The maximum Gasteiger partial charge on any atom is 0.338 e. The molecule has 5 nitrogen and oxygen atoms in total. The summed E-state index contributed by atoms with van der Waals surface area (Å²) >= 11 is 0. The van der Waals surface area contributed by atoms with Gasteiger partial charge in [-0.25, -0.2) is 4.79 Å². The van der Waals surface area contributed by atoms with E-state index in [2.05, 4.69) is 37.9 Å². The van der Waals surface area contributed by atoms with Gasteiger partial charge in [0.2, 0.25) is 0 Å². The highest BCUT2D eigenvalue weighted by Gasteiger charge is 2.14. The summed E-state index contributed by atoms with van der Waals surface area (Å²) in [6.07, 6.45) is 0.978. The Bertz CT molecular complexity index is 783. The molecule has 0 aliphatic heterocycles. The second-order valence-electron chi connectivity index (χ2n) is 6.74. The van der Waals surface area contributed by atoms with Gasteiger partial charge in [-0.15, -0.1) is 0 Å². The van der Waals surface area contributed by atoms with Crippen molar-refractivity contribution in [2.24, 2.45) is 0 Å². The molecule has 1 atom stereocenters. The Hall–Kier alpha value is -2.82. The van der Waals surface area contributed by atoms with Crippen LogP contribution in [0.4, 0.5) is 11.4 Å². The Balaban J connectivity index is 1.93. The van der Waals surface area contributed by atoms with E-state index in [4.69, 9.17) is 4.74 Å². The van der Waals surface area contributed by atoms with Gasteiger partial charge in [0.05, 0.1) is 5.56 Å². The molecule has 0 saturated carbocycles. The molecule has 2 aromatic carbocycles. The number of nitrogens with zero attached hydrogens (tertiary/aromatic N) is 1. The van der Waals surface area contributed by atoms with Crippen LogP contribution in [0.5, 0.6) is 0 Å². The van der Waals surface area contributed by atoms with Gasteiger partial charge in [0, 0.05) is 24.5 Å². The molecule has 0 saturated heterocycles. The van der Waals surface area contributed by atoms with E-state index < -0.39 is 5.97 Å². The third-order valence-electron chi connectivity index (χ3n) is 4.94. The largest absolute Gasteiger partial charge is 0.452 e. The van der Waals surface area contributed by atoms with Crippen molar-refractivity contribution in [1.29, 1.82) is 0 Å². The van der Waals surface area contributed by atoms with Crippen molar-refractivity contribution >= 4 is 23.3 Å². The highest BCUT2D eigenvalue weighted by molar-refractivity contribution is 5.96. The third kappa shape index (κ3) is 5.59. The van der Waals surface area contributed by atoms with Crippen molar-refractivity contribution in [3.8, 4) is 0 Å². The minimum atomic E-state index is -0.503. The summed E-state index contributed by atoms with van der Waals surface area (Å²) in [7, 11) is 0. The van der Waals surface area contributed by atoms with E-state index in [1.165, 1.54) is 0 Å². The van der Waals surface area contributed by atoms with Crippen LogP contribution < -0.4 is 10.2 Å². The van der Waals surface area contributed by atoms with E-state index in [0.29, 0.717) is 11.5 Å². The zero-order valence-corrected chi connectivity index (χ0v) is 17.2. The molecule has 2 aromatic rings. The first-order valence-corrected chi connectivity index (χ1v) is 9.90. The molecule has 0 aliphatic rings. The Morgan fingerprint density at radius 2 is 1.64 bits per heavy atom. The van der Waals surface area contributed by atoms with Crippen LogP contribution in [-0.2, 0) is 9.53 Å². The van der Waals surface area contributed by atoms with Gasteiger partial charge in [-0.2, -0.15) is 0 Å². The predicted molar refractivity (Wildman–Crippen MR) is 114 cm³/mol. The van der Waals surface area contributed by atoms with Crippen LogP contribution in [0, 0.1) is 0 Å². The topological polar surface area (TPSA) is 58.6 Å². The second kappa shape index (κ2) is 10.5. The van der Waals surface area contributed by atoms with Crippen molar-refractivity contribution in [3.05, 3.63) is 59.7 Å². The maximum atomic E-state index is 12.2. The number of hydrogen-bond donors (Lipinski definition) is 1. The van der Waals surface area contributed by atoms with Gasteiger partial charge in [0.25, 0.3) is 5.91 Å². The highest BCUT2D eigenvalue weighted by atomic mass is 16.5. The number of nitrogens with one attached hydrogen (secondary N) is 1. The van der Waals surface area contributed by atoms with Crippen molar-refractivity contribution in [1.82, 2.24) is 0 Å². The van der Waals surface area contributed by atoms with E-state index >= 15 is 0 Å². The predicted octanol–water partition coefficient (Wildman–Crippen LogP) is 4.84. The number of carbonyl (C=O) groups excluding carboxylic acids is 2. The lowest BCUT2D eigenvalue weighted by atomic mass is 9.97. The summed E-state index contributed by atoms with van der Waals surface area (Å²) in [4.78, 5) is 26.7. The molecule has 0 aliphatic carbocycles. The monoisotopic (exact) mass is 382 g/mol. The number of esters is 1. The number of anilines is 2. The van der Waals surface area contributed by atoms with E-state index in [1.54, 1.807) is 12.1 Å². The smallest absolute Gasteiger partial charge is 0.338 e. The molecule has 1 N–H and O–H groups in total. The van der Waals surface area contributed by atoms with Crippen molar-refractivity contribution in [2.45, 2.75) is 40.0 Å². The number of ether oxygens (including phenoxy) is 1. The number of para-hydroxylation sites is 1. The molecule has 0 radical (unpaired) electrons. The zero-order chi connectivity index (χ0) is 20.5. The minimum absolute atomic E-state index is 0.314. The quantitative estimate of drug-likeness (QED) is 0.630. The fraction of sp³-hybridized carbons (Fsp3) is 0.391. The molecule has 150 valence electrons. The Labute approximate surface area is 167 Å². The van der Waals surface area contributed by atoms with Crippen LogP contribution in [0.15, 0.2) is 48.5 Å². The molecule has 1 amide bonds. The number of rotatable bonds is 9. The van der Waals surface area contributed by atoms with Gasteiger partial charge in [0.15, 0.2) is 6.61 Å². The SMILES string of the molecule is CC[C@H](C)c1ccccc1NC(=O)COC(=O)c1ccc(N(CC)CC)cc1. The fourth-order valence-electron chi connectivity index (χ4n) is 3.06. The van der Waals surface area contributed by atoms with Crippen LogP contribution in [0.2, 0.25) is 0 Å². The fourth-order valence-corrected chi connectivity index (χ4v) is 3.06. The molecule has 28 heavy (non-hydrogen) atoms. The van der Waals surface area contributed by atoms with Crippen molar-refractivity contribution in [2.75, 3.05) is 29.9 Å². The van der Waals surface area contributed by atoms with Crippen LogP contribution in [0.25, 0.3) is 0 Å². The van der Waals surface area contributed by atoms with Gasteiger partial charge < -0.3 is 15.0 Å². The molecular formula is C23H30N2O3. The lowest BCUT2D eigenvalue weighted by Crippen LogP contribution is -2.22. The number of amides is 1. The second-order valence-corrected chi connectivity index (χ2v) is 6.74. The summed E-state index contributed by atoms with van der Waals surface area (Å²) in [5, 5.41) is 2.85. The molecular weight excluding hydrogens is 352 g/mol. The van der Waals surface area contributed by atoms with Gasteiger partial charge in [-0.1, -0.05) is 32.0 Å². The van der Waals surface area contributed by atoms with Gasteiger partial charge in [-0.3, -0.25) is 4.79 Å². The molecule has 0 heterocycles. The van der Waals surface area contributed by atoms with Crippen LogP contribution >= 0.6 is 0 Å². The van der Waals surface area contributed by atoms with Gasteiger partial charge in [0.1, 0.15) is 0 Å². The maximum absolute atomic E-state index is 12.2. The van der Waals surface area contributed by atoms with E-state index in [-0.39, 0.29) is 12.5 Å². The van der Waals surface area contributed by atoms with Gasteiger partial charge >= 0.3 is 5.97 Å². The number of benzene rings is 2. The third-order valence-corrected chi connectivity index (χ3v) is 4.94. The lowest BCUT2D eigenvalue weighted by molar-refractivity contribution is -0.119.